The van der Waals surface area contributed by atoms with Gasteiger partial charge >= 0.3 is 6.18 Å². The topological polar surface area (TPSA) is 22.4 Å². The SMILES string of the molecule is FC(F)(F)COc1cc2oc3ccc4ccc5ccc6ccccc6c5c4c3c2c2c1ccc1ccc3ccccc3c12. The smallest absolute Gasteiger partial charge is 0.422 e. The molecule has 0 fully saturated rings. The molecule has 9 rings (SSSR count). The van der Waals surface area contributed by atoms with E-state index in [1.165, 1.54) is 0 Å². The standard InChI is InChI=1S/C38H21F3O2/c39-38(40,41)20-42-30-19-31-37(35-28(30)17-15-24-12-10-22-6-2-4-8-27(22)33(24)35)36-29(43-31)18-16-25-14-13-23-11-9-21-5-1-3-7-26(21)32(23)34(25)36/h1-19H,20H2. The second kappa shape index (κ2) is 8.62. The Hall–Kier alpha value is -5.29. The van der Waals surface area contributed by atoms with E-state index >= 15 is 0 Å². The summed E-state index contributed by atoms with van der Waals surface area (Å²) in [4.78, 5) is 0. The van der Waals surface area contributed by atoms with Crippen molar-refractivity contribution < 1.29 is 22.3 Å². The summed E-state index contributed by atoms with van der Waals surface area (Å²) >= 11 is 0. The molecule has 0 unspecified atom stereocenters. The van der Waals surface area contributed by atoms with Crippen molar-refractivity contribution in [3.8, 4) is 5.75 Å². The molecule has 43 heavy (non-hydrogen) atoms. The van der Waals surface area contributed by atoms with Crippen LogP contribution in [0.25, 0.3) is 86.6 Å². The molecular formula is C38H21F3O2. The molecule has 0 aliphatic carbocycles. The molecule has 1 aromatic heterocycles. The lowest BCUT2D eigenvalue weighted by Gasteiger charge is -2.15. The molecule has 5 heteroatoms. The molecule has 9 aromatic rings. The van der Waals surface area contributed by atoms with Crippen LogP contribution in [-0.4, -0.2) is 12.8 Å². The van der Waals surface area contributed by atoms with E-state index in [9.17, 15) is 13.2 Å². The Balaban J connectivity index is 1.57. The Morgan fingerprint density at radius 2 is 0.977 bits per heavy atom. The van der Waals surface area contributed by atoms with Crippen molar-refractivity contribution in [1.82, 2.24) is 0 Å². The Kier molecular flexibility index (Phi) is 4.87. The summed E-state index contributed by atoms with van der Waals surface area (Å²) in [7, 11) is 0. The van der Waals surface area contributed by atoms with Gasteiger partial charge in [0.1, 0.15) is 16.9 Å². The average molecular weight is 567 g/mol. The number of alkyl halides is 3. The average Bonchev–Trinajstić information content (AvgIpc) is 3.41. The van der Waals surface area contributed by atoms with Crippen molar-refractivity contribution in [3.63, 3.8) is 0 Å². The fraction of sp³-hybridized carbons (Fsp3) is 0.0526. The molecule has 206 valence electrons. The number of fused-ring (bicyclic) bond motifs is 15. The van der Waals surface area contributed by atoms with Crippen molar-refractivity contribution in [2.75, 3.05) is 6.61 Å². The molecule has 8 aromatic carbocycles. The van der Waals surface area contributed by atoms with Crippen molar-refractivity contribution in [3.05, 3.63) is 115 Å². The highest BCUT2D eigenvalue weighted by molar-refractivity contribution is 6.39. The first-order chi connectivity index (χ1) is 20.9. The zero-order valence-electron chi connectivity index (χ0n) is 22.6. The Labute approximate surface area is 242 Å². The Morgan fingerprint density at radius 1 is 0.465 bits per heavy atom. The van der Waals surface area contributed by atoms with Crippen LogP contribution in [-0.2, 0) is 0 Å². The first-order valence-corrected chi connectivity index (χ1v) is 14.1. The van der Waals surface area contributed by atoms with Gasteiger partial charge in [0.25, 0.3) is 0 Å². The number of furan rings is 1. The third-order valence-corrected chi connectivity index (χ3v) is 8.65. The van der Waals surface area contributed by atoms with E-state index in [0.717, 1.165) is 70.0 Å². The summed E-state index contributed by atoms with van der Waals surface area (Å²) in [5, 5.41) is 13.9. The molecule has 0 N–H and O–H groups in total. The van der Waals surface area contributed by atoms with Gasteiger partial charge in [-0.1, -0.05) is 97.1 Å². The van der Waals surface area contributed by atoms with Crippen LogP contribution in [0.15, 0.2) is 120 Å². The predicted molar refractivity (Wildman–Crippen MR) is 170 cm³/mol. The van der Waals surface area contributed by atoms with Gasteiger partial charge in [0.2, 0.25) is 0 Å². The molecule has 0 saturated heterocycles. The van der Waals surface area contributed by atoms with Crippen LogP contribution in [0.5, 0.6) is 5.75 Å². The molecule has 0 saturated carbocycles. The zero-order valence-corrected chi connectivity index (χ0v) is 22.6. The fourth-order valence-corrected chi connectivity index (χ4v) is 6.91. The largest absolute Gasteiger partial charge is 0.483 e. The van der Waals surface area contributed by atoms with Crippen molar-refractivity contribution in [1.29, 1.82) is 0 Å². The Morgan fingerprint density at radius 3 is 1.63 bits per heavy atom. The van der Waals surface area contributed by atoms with Crippen molar-refractivity contribution in [2.24, 2.45) is 0 Å². The van der Waals surface area contributed by atoms with Crippen LogP contribution in [0.3, 0.4) is 0 Å². The van der Waals surface area contributed by atoms with Crippen LogP contribution < -0.4 is 4.74 Å². The first kappa shape index (κ1) is 24.3. The van der Waals surface area contributed by atoms with Gasteiger partial charge in [-0.2, -0.15) is 13.2 Å². The summed E-state index contributed by atoms with van der Waals surface area (Å²) in [5.74, 6) is 0.147. The zero-order chi connectivity index (χ0) is 28.9. The van der Waals surface area contributed by atoms with E-state index in [-0.39, 0.29) is 5.75 Å². The summed E-state index contributed by atoms with van der Waals surface area (Å²) in [6.07, 6.45) is -4.48. The van der Waals surface area contributed by atoms with Crippen LogP contribution in [0.1, 0.15) is 0 Å². The highest BCUT2D eigenvalue weighted by Crippen LogP contribution is 2.48. The van der Waals surface area contributed by atoms with Gasteiger partial charge in [0, 0.05) is 33.0 Å². The molecule has 0 spiro atoms. The van der Waals surface area contributed by atoms with E-state index in [1.54, 1.807) is 6.07 Å². The van der Waals surface area contributed by atoms with Crippen LogP contribution in [0.2, 0.25) is 0 Å². The second-order valence-electron chi connectivity index (χ2n) is 11.1. The molecular weight excluding hydrogens is 545 g/mol. The number of halogens is 3. The van der Waals surface area contributed by atoms with Gasteiger partial charge in [-0.05, 0) is 60.6 Å². The van der Waals surface area contributed by atoms with E-state index < -0.39 is 12.8 Å². The summed E-state index contributed by atoms with van der Waals surface area (Å²) in [6.45, 7) is -1.39. The maximum absolute atomic E-state index is 13.4. The molecule has 0 aliphatic rings. The minimum Gasteiger partial charge on any atom is -0.483 e. The first-order valence-electron chi connectivity index (χ1n) is 14.1. The Bertz CT molecular complexity index is 2610. The van der Waals surface area contributed by atoms with Gasteiger partial charge in [0.15, 0.2) is 6.61 Å². The lowest BCUT2D eigenvalue weighted by Crippen LogP contribution is -2.19. The highest BCUT2D eigenvalue weighted by atomic mass is 19.4. The number of hydrogen-bond acceptors (Lipinski definition) is 2. The summed E-state index contributed by atoms with van der Waals surface area (Å²) < 4.78 is 52.1. The number of hydrogen-bond donors (Lipinski definition) is 0. The van der Waals surface area contributed by atoms with Crippen LogP contribution >= 0.6 is 0 Å². The maximum atomic E-state index is 13.4. The van der Waals surface area contributed by atoms with E-state index in [0.29, 0.717) is 16.6 Å². The van der Waals surface area contributed by atoms with Gasteiger partial charge < -0.3 is 9.15 Å². The predicted octanol–water partition coefficient (Wildman–Crippen LogP) is 11.4. The quantitative estimate of drug-likeness (QED) is 0.194. The van der Waals surface area contributed by atoms with E-state index in [4.69, 9.17) is 9.15 Å². The summed E-state index contributed by atoms with van der Waals surface area (Å²) in [5.41, 5.74) is 1.17. The third kappa shape index (κ3) is 3.54. The van der Waals surface area contributed by atoms with Gasteiger partial charge in [-0.25, -0.2) is 0 Å². The lowest BCUT2D eigenvalue weighted by atomic mass is 9.90. The molecule has 0 amide bonds. The van der Waals surface area contributed by atoms with Crippen molar-refractivity contribution in [2.45, 2.75) is 6.18 Å². The number of ether oxygens (including phenoxy) is 1. The van der Waals surface area contributed by atoms with Gasteiger partial charge in [0.05, 0.1) is 0 Å². The monoisotopic (exact) mass is 566 g/mol. The maximum Gasteiger partial charge on any atom is 0.422 e. The minimum atomic E-state index is -4.48. The minimum absolute atomic E-state index is 0.147. The molecule has 2 nitrogen and oxygen atoms in total. The third-order valence-electron chi connectivity index (χ3n) is 8.65. The van der Waals surface area contributed by atoms with Crippen molar-refractivity contribution >= 4 is 86.6 Å². The highest BCUT2D eigenvalue weighted by Gasteiger charge is 2.29. The number of rotatable bonds is 2. The van der Waals surface area contributed by atoms with Crippen LogP contribution in [0, 0.1) is 0 Å². The van der Waals surface area contributed by atoms with Crippen LogP contribution in [0.4, 0.5) is 13.2 Å². The molecule has 0 radical (unpaired) electrons. The fourth-order valence-electron chi connectivity index (χ4n) is 6.91. The molecule has 1 heterocycles. The van der Waals surface area contributed by atoms with Gasteiger partial charge in [-0.15, -0.1) is 0 Å². The molecule has 0 atom stereocenters. The van der Waals surface area contributed by atoms with E-state index in [1.807, 2.05) is 42.5 Å². The lowest BCUT2D eigenvalue weighted by molar-refractivity contribution is -0.153. The molecule has 0 aliphatic heterocycles. The van der Waals surface area contributed by atoms with Gasteiger partial charge in [-0.3, -0.25) is 0 Å². The molecule has 0 bridgehead atoms. The normalized spacial score (nSPS) is 12.6. The number of benzene rings is 8. The van der Waals surface area contributed by atoms with E-state index in [2.05, 4.69) is 66.7 Å². The second-order valence-corrected chi connectivity index (χ2v) is 11.1. The summed E-state index contributed by atoms with van der Waals surface area (Å²) in [6, 6.07) is 38.6.